The van der Waals surface area contributed by atoms with E-state index in [1.54, 1.807) is 12.1 Å². The van der Waals surface area contributed by atoms with E-state index in [9.17, 15) is 17.6 Å². The number of amides is 1. The number of sulfonamides is 1. The molecule has 0 spiro atoms. The van der Waals surface area contributed by atoms with Crippen LogP contribution in [0.2, 0.25) is 0 Å². The van der Waals surface area contributed by atoms with Crippen LogP contribution in [0.4, 0.5) is 10.1 Å². The van der Waals surface area contributed by atoms with Gasteiger partial charge in [-0.05, 0) is 53.9 Å². The molecule has 1 amide bonds. The number of hydrogen-bond donors (Lipinski definition) is 1. The molecule has 2 heterocycles. The summed E-state index contributed by atoms with van der Waals surface area (Å²) < 4.78 is 41.1. The van der Waals surface area contributed by atoms with Crippen LogP contribution < -0.4 is 4.72 Å². The highest BCUT2D eigenvalue weighted by Gasteiger charge is 2.36. The molecule has 1 fully saturated rings. The molecule has 0 saturated carbocycles. The summed E-state index contributed by atoms with van der Waals surface area (Å²) in [5.74, 6) is -0.895. The zero-order chi connectivity index (χ0) is 23.0. The number of hydrogen-bond acceptors (Lipinski definition) is 4. The van der Waals surface area contributed by atoms with Crippen LogP contribution >= 0.6 is 0 Å². The summed E-state index contributed by atoms with van der Waals surface area (Å²) >= 11 is 0. The minimum Gasteiger partial charge on any atom is -0.335 e. The zero-order valence-electron chi connectivity index (χ0n) is 17.9. The van der Waals surface area contributed by atoms with Gasteiger partial charge in [0.15, 0.2) is 0 Å². The number of carbonyl (C=O) groups is 1. The Morgan fingerprint density at radius 1 is 0.909 bits per heavy atom. The zero-order valence-corrected chi connectivity index (χ0v) is 18.8. The van der Waals surface area contributed by atoms with Crippen LogP contribution in [-0.4, -0.2) is 49.8 Å². The van der Waals surface area contributed by atoms with Crippen molar-refractivity contribution in [3.05, 3.63) is 95.3 Å². The maximum Gasteiger partial charge on any atom is 0.264 e. The molecular weight excluding hydrogens is 441 g/mol. The fraction of sp³-hybridized carbons (Fsp3) is 0.240. The van der Waals surface area contributed by atoms with Gasteiger partial charge in [-0.15, -0.1) is 0 Å². The van der Waals surface area contributed by atoms with Crippen LogP contribution in [0.25, 0.3) is 0 Å². The van der Waals surface area contributed by atoms with Crippen molar-refractivity contribution in [2.45, 2.75) is 23.9 Å². The maximum absolute atomic E-state index is 13.9. The number of benzene rings is 3. The Bertz CT molecular complexity index is 1290. The summed E-state index contributed by atoms with van der Waals surface area (Å²) in [5.41, 5.74) is 3.53. The van der Waals surface area contributed by atoms with Crippen LogP contribution in [0.3, 0.4) is 0 Å². The van der Waals surface area contributed by atoms with Crippen molar-refractivity contribution in [1.82, 2.24) is 9.80 Å². The largest absolute Gasteiger partial charge is 0.335 e. The monoisotopic (exact) mass is 465 g/mol. The molecule has 3 aromatic carbocycles. The molecule has 0 atom stereocenters. The second kappa shape index (κ2) is 8.61. The second-order valence-corrected chi connectivity index (χ2v) is 10.1. The highest BCUT2D eigenvalue weighted by atomic mass is 32.2. The minimum atomic E-state index is -4.05. The van der Waals surface area contributed by atoms with E-state index in [1.807, 2.05) is 4.90 Å². The van der Waals surface area contributed by atoms with Crippen LogP contribution in [0.5, 0.6) is 0 Å². The Morgan fingerprint density at radius 2 is 1.58 bits per heavy atom. The molecule has 0 aromatic heterocycles. The standard InChI is InChI=1S/C25H24FN3O3S/c26-23-7-3-4-8-24(23)33(31,32)27-21-11-9-19(10-12-21)25(30)29-16-22(17-29)28-14-13-18-5-1-2-6-20(18)15-28/h1-12,22,27H,13-17H2. The Kier molecular flexibility index (Phi) is 5.64. The topological polar surface area (TPSA) is 69.7 Å². The van der Waals surface area contributed by atoms with E-state index in [0.717, 1.165) is 25.6 Å². The van der Waals surface area contributed by atoms with Gasteiger partial charge in [-0.3, -0.25) is 14.4 Å². The van der Waals surface area contributed by atoms with E-state index in [4.69, 9.17) is 0 Å². The molecule has 0 aliphatic carbocycles. The van der Waals surface area contributed by atoms with Crippen molar-refractivity contribution < 1.29 is 17.6 Å². The fourth-order valence-electron chi connectivity index (χ4n) is 4.42. The Morgan fingerprint density at radius 3 is 2.30 bits per heavy atom. The molecule has 33 heavy (non-hydrogen) atoms. The molecule has 1 saturated heterocycles. The number of fused-ring (bicyclic) bond motifs is 1. The van der Waals surface area contributed by atoms with Gasteiger partial charge in [0, 0.05) is 43.5 Å². The van der Waals surface area contributed by atoms with E-state index in [2.05, 4.69) is 33.9 Å². The molecule has 0 radical (unpaired) electrons. The minimum absolute atomic E-state index is 0.0767. The molecule has 1 N–H and O–H groups in total. The lowest BCUT2D eigenvalue weighted by molar-refractivity contribution is 0.0218. The van der Waals surface area contributed by atoms with E-state index in [1.165, 1.54) is 41.5 Å². The summed E-state index contributed by atoms with van der Waals surface area (Å²) in [4.78, 5) is 16.7. The van der Waals surface area contributed by atoms with Gasteiger partial charge >= 0.3 is 0 Å². The molecule has 3 aromatic rings. The van der Waals surface area contributed by atoms with Crippen LogP contribution in [0, 0.1) is 5.82 Å². The second-order valence-electron chi connectivity index (χ2n) is 8.47. The summed E-state index contributed by atoms with van der Waals surface area (Å²) in [6, 6.07) is 20.3. The van der Waals surface area contributed by atoms with Crippen molar-refractivity contribution in [2.24, 2.45) is 0 Å². The van der Waals surface area contributed by atoms with Crippen molar-refractivity contribution >= 4 is 21.6 Å². The quantitative estimate of drug-likeness (QED) is 0.626. The summed E-state index contributed by atoms with van der Waals surface area (Å²) in [6.45, 7) is 3.28. The number of halogens is 1. The first-order chi connectivity index (χ1) is 15.9. The predicted molar refractivity (Wildman–Crippen MR) is 124 cm³/mol. The first-order valence-electron chi connectivity index (χ1n) is 10.9. The van der Waals surface area contributed by atoms with E-state index in [0.29, 0.717) is 24.7 Å². The third-order valence-corrected chi connectivity index (χ3v) is 7.75. The van der Waals surface area contributed by atoms with Gasteiger partial charge in [-0.1, -0.05) is 36.4 Å². The van der Waals surface area contributed by atoms with E-state index >= 15 is 0 Å². The summed E-state index contributed by atoms with van der Waals surface area (Å²) in [7, 11) is -4.05. The van der Waals surface area contributed by atoms with Gasteiger partial charge in [0.05, 0.1) is 0 Å². The Hall–Kier alpha value is -3.23. The Labute approximate surface area is 192 Å². The molecule has 5 rings (SSSR count). The normalized spacial score (nSPS) is 16.7. The smallest absolute Gasteiger partial charge is 0.264 e. The molecular formula is C25H24FN3O3S. The fourth-order valence-corrected chi connectivity index (χ4v) is 5.56. The average molecular weight is 466 g/mol. The number of likely N-dealkylation sites (tertiary alicyclic amines) is 1. The van der Waals surface area contributed by atoms with Gasteiger partial charge in [0.2, 0.25) is 0 Å². The van der Waals surface area contributed by atoms with Crippen molar-refractivity contribution in [3.63, 3.8) is 0 Å². The van der Waals surface area contributed by atoms with Gasteiger partial charge in [0.25, 0.3) is 15.9 Å². The third-order valence-electron chi connectivity index (χ3n) is 6.34. The third kappa shape index (κ3) is 4.36. The van der Waals surface area contributed by atoms with Gasteiger partial charge in [-0.2, -0.15) is 0 Å². The first kappa shape index (κ1) is 21.6. The average Bonchev–Trinajstić information content (AvgIpc) is 2.78. The molecule has 170 valence electrons. The maximum atomic E-state index is 13.9. The van der Waals surface area contributed by atoms with Gasteiger partial charge in [-0.25, -0.2) is 12.8 Å². The van der Waals surface area contributed by atoms with Crippen LogP contribution in [0.15, 0.2) is 77.7 Å². The molecule has 2 aliphatic heterocycles. The lowest BCUT2D eigenvalue weighted by atomic mass is 9.96. The lowest BCUT2D eigenvalue weighted by Crippen LogP contribution is -2.61. The van der Waals surface area contributed by atoms with Crippen molar-refractivity contribution in [2.75, 3.05) is 24.4 Å². The number of anilines is 1. The molecule has 8 heteroatoms. The number of rotatable bonds is 5. The number of carbonyl (C=O) groups excluding carboxylic acids is 1. The SMILES string of the molecule is O=C(c1ccc(NS(=O)(=O)c2ccccc2F)cc1)N1CC(N2CCc3ccccc3C2)C1. The molecule has 0 unspecified atom stereocenters. The highest BCUT2D eigenvalue weighted by molar-refractivity contribution is 7.92. The summed E-state index contributed by atoms with van der Waals surface area (Å²) in [5, 5.41) is 0. The number of nitrogens with one attached hydrogen (secondary N) is 1. The predicted octanol–water partition coefficient (Wildman–Crippen LogP) is 3.51. The van der Waals surface area contributed by atoms with E-state index in [-0.39, 0.29) is 11.6 Å². The van der Waals surface area contributed by atoms with Crippen molar-refractivity contribution in [3.8, 4) is 0 Å². The highest BCUT2D eigenvalue weighted by Crippen LogP contribution is 2.26. The molecule has 0 bridgehead atoms. The van der Waals surface area contributed by atoms with Crippen LogP contribution in [-0.2, 0) is 23.0 Å². The molecule has 2 aliphatic rings. The van der Waals surface area contributed by atoms with Crippen molar-refractivity contribution in [1.29, 1.82) is 0 Å². The molecule has 6 nitrogen and oxygen atoms in total. The van der Waals surface area contributed by atoms with Gasteiger partial charge < -0.3 is 4.90 Å². The number of nitrogens with zero attached hydrogens (tertiary/aromatic N) is 2. The lowest BCUT2D eigenvalue weighted by Gasteiger charge is -2.47. The van der Waals surface area contributed by atoms with Gasteiger partial charge in [0.1, 0.15) is 10.7 Å². The van der Waals surface area contributed by atoms with E-state index < -0.39 is 20.7 Å². The summed E-state index contributed by atoms with van der Waals surface area (Å²) in [6.07, 6.45) is 1.03. The van der Waals surface area contributed by atoms with Crippen LogP contribution in [0.1, 0.15) is 21.5 Å². The first-order valence-corrected chi connectivity index (χ1v) is 12.4. The Balaban J connectivity index is 1.19.